The number of rotatable bonds is 3. The van der Waals surface area contributed by atoms with Crippen LogP contribution < -0.4 is 11.3 Å². The van der Waals surface area contributed by atoms with Crippen LogP contribution in [0.2, 0.25) is 0 Å². The van der Waals surface area contributed by atoms with Crippen LogP contribution >= 0.6 is 0 Å². The molecule has 0 fully saturated rings. The minimum atomic E-state index is -0.291. The van der Waals surface area contributed by atoms with Crippen molar-refractivity contribution in [3.05, 3.63) is 34.9 Å². The maximum atomic E-state index is 11.1. The second kappa shape index (κ2) is 4.20. The van der Waals surface area contributed by atoms with Crippen molar-refractivity contribution in [2.24, 2.45) is 4.99 Å². The Morgan fingerprint density at radius 3 is 3.15 bits per heavy atom. The van der Waals surface area contributed by atoms with Gasteiger partial charge in [-0.2, -0.15) is 0 Å². The van der Waals surface area contributed by atoms with Crippen LogP contribution in [0, 0.1) is 0 Å². The highest BCUT2D eigenvalue weighted by Gasteiger charge is 2.00. The van der Waals surface area contributed by atoms with E-state index in [9.17, 15) is 4.79 Å². The number of nitrogens with one attached hydrogen (secondary N) is 1. The highest BCUT2D eigenvalue weighted by Crippen LogP contribution is 1.95. The fraction of sp³-hybridized carbons (Fsp3) is 0.125. The van der Waals surface area contributed by atoms with Gasteiger partial charge in [0.05, 0.1) is 18.4 Å². The number of nitrogen functional groups attached to an aromatic ring is 1. The number of aromatic nitrogens is 2. The average Bonchev–Trinajstić information content (AvgIpc) is 2.10. The van der Waals surface area contributed by atoms with Crippen molar-refractivity contribution in [3.63, 3.8) is 0 Å². The molecule has 0 spiro atoms. The Kier molecular flexibility index (Phi) is 2.97. The lowest BCUT2D eigenvalue weighted by atomic mass is 10.3. The van der Waals surface area contributed by atoms with Gasteiger partial charge in [-0.1, -0.05) is 6.08 Å². The van der Waals surface area contributed by atoms with Crippen LogP contribution in [0.1, 0.15) is 5.56 Å². The van der Waals surface area contributed by atoms with Gasteiger partial charge in [0.1, 0.15) is 5.82 Å². The lowest BCUT2D eigenvalue weighted by Crippen LogP contribution is -2.15. The fourth-order valence-corrected chi connectivity index (χ4v) is 0.767. The van der Waals surface area contributed by atoms with E-state index in [1.54, 1.807) is 6.08 Å². The molecule has 68 valence electrons. The van der Waals surface area contributed by atoms with Crippen molar-refractivity contribution >= 4 is 12.0 Å². The summed E-state index contributed by atoms with van der Waals surface area (Å²) in [5.41, 5.74) is 5.45. The van der Waals surface area contributed by atoms with Gasteiger partial charge in [0.25, 0.3) is 5.56 Å². The van der Waals surface area contributed by atoms with Crippen molar-refractivity contribution in [1.82, 2.24) is 9.97 Å². The molecule has 0 saturated heterocycles. The summed E-state index contributed by atoms with van der Waals surface area (Å²) in [6, 6.07) is 0. The van der Waals surface area contributed by atoms with Crippen LogP contribution in [-0.2, 0) is 0 Å². The first-order chi connectivity index (χ1) is 6.25. The van der Waals surface area contributed by atoms with Crippen LogP contribution in [0.25, 0.3) is 0 Å². The number of nitrogens with zero attached hydrogens (tertiary/aromatic N) is 2. The number of hydrogen-bond acceptors (Lipinski definition) is 4. The Bertz CT molecular complexity index is 380. The molecule has 0 atom stereocenters. The maximum absolute atomic E-state index is 11.1. The van der Waals surface area contributed by atoms with Gasteiger partial charge in [0.15, 0.2) is 0 Å². The van der Waals surface area contributed by atoms with Crippen LogP contribution in [0.3, 0.4) is 0 Å². The van der Waals surface area contributed by atoms with Crippen LogP contribution in [0.15, 0.2) is 28.8 Å². The molecule has 0 aromatic carbocycles. The third kappa shape index (κ3) is 2.26. The van der Waals surface area contributed by atoms with E-state index in [-0.39, 0.29) is 16.9 Å². The normalized spacial score (nSPS) is 10.5. The second-order valence-electron chi connectivity index (χ2n) is 2.31. The molecule has 0 radical (unpaired) electrons. The standard InChI is InChI=1S/C8H10N4O/c1-2-3-10-4-6-7(9)11-5-12-8(6)13/h2,4-5H,1,3H2,(H3,9,11,12,13). The molecule has 0 amide bonds. The molecular formula is C8H10N4O. The Hall–Kier alpha value is -1.91. The Morgan fingerprint density at radius 2 is 2.54 bits per heavy atom. The van der Waals surface area contributed by atoms with E-state index in [0.717, 1.165) is 0 Å². The molecule has 0 aliphatic carbocycles. The first-order valence-corrected chi connectivity index (χ1v) is 3.69. The van der Waals surface area contributed by atoms with Crippen molar-refractivity contribution in [2.75, 3.05) is 12.3 Å². The molecule has 0 aliphatic heterocycles. The number of H-pyrrole nitrogens is 1. The molecule has 5 nitrogen and oxygen atoms in total. The molecule has 1 heterocycles. The largest absolute Gasteiger partial charge is 0.383 e. The number of anilines is 1. The smallest absolute Gasteiger partial charge is 0.261 e. The van der Waals surface area contributed by atoms with E-state index in [1.807, 2.05) is 0 Å². The quantitative estimate of drug-likeness (QED) is 0.503. The highest BCUT2D eigenvalue weighted by atomic mass is 16.1. The Morgan fingerprint density at radius 1 is 1.77 bits per heavy atom. The minimum Gasteiger partial charge on any atom is -0.383 e. The molecule has 13 heavy (non-hydrogen) atoms. The molecule has 5 heteroatoms. The monoisotopic (exact) mass is 178 g/mol. The van der Waals surface area contributed by atoms with Gasteiger partial charge in [0.2, 0.25) is 0 Å². The predicted molar refractivity (Wildman–Crippen MR) is 51.9 cm³/mol. The zero-order chi connectivity index (χ0) is 9.68. The second-order valence-corrected chi connectivity index (χ2v) is 2.31. The van der Waals surface area contributed by atoms with Crippen molar-refractivity contribution < 1.29 is 0 Å². The third-order valence-electron chi connectivity index (χ3n) is 1.37. The van der Waals surface area contributed by atoms with Gasteiger partial charge in [-0.05, 0) is 0 Å². The molecule has 1 aromatic rings. The van der Waals surface area contributed by atoms with Gasteiger partial charge < -0.3 is 10.7 Å². The minimum absolute atomic E-state index is 0.177. The molecule has 0 bridgehead atoms. The van der Waals surface area contributed by atoms with Gasteiger partial charge in [-0.25, -0.2) is 4.98 Å². The van der Waals surface area contributed by atoms with Crippen molar-refractivity contribution in [2.45, 2.75) is 0 Å². The summed E-state index contributed by atoms with van der Waals surface area (Å²) >= 11 is 0. The van der Waals surface area contributed by atoms with Gasteiger partial charge >= 0.3 is 0 Å². The summed E-state index contributed by atoms with van der Waals surface area (Å²) in [6.45, 7) is 3.94. The Labute approximate surface area is 75.0 Å². The molecule has 1 rings (SSSR count). The molecule has 0 saturated carbocycles. The van der Waals surface area contributed by atoms with E-state index in [2.05, 4.69) is 21.5 Å². The summed E-state index contributed by atoms with van der Waals surface area (Å²) < 4.78 is 0. The van der Waals surface area contributed by atoms with Crippen LogP contribution in [-0.4, -0.2) is 22.7 Å². The Balaban J connectivity index is 3.00. The summed E-state index contributed by atoms with van der Waals surface area (Å²) in [5, 5.41) is 0. The molecule has 3 N–H and O–H groups in total. The lowest BCUT2D eigenvalue weighted by molar-refractivity contribution is 1.12. The van der Waals surface area contributed by atoms with E-state index in [4.69, 9.17) is 5.73 Å². The lowest BCUT2D eigenvalue weighted by Gasteiger charge is -1.94. The fourth-order valence-electron chi connectivity index (χ4n) is 0.767. The average molecular weight is 178 g/mol. The zero-order valence-corrected chi connectivity index (χ0v) is 7.03. The number of hydrogen-bond donors (Lipinski definition) is 2. The third-order valence-corrected chi connectivity index (χ3v) is 1.37. The van der Waals surface area contributed by atoms with E-state index in [0.29, 0.717) is 6.54 Å². The zero-order valence-electron chi connectivity index (χ0n) is 7.03. The first kappa shape index (κ1) is 9.18. The van der Waals surface area contributed by atoms with E-state index in [1.165, 1.54) is 12.5 Å². The van der Waals surface area contributed by atoms with Crippen LogP contribution in [0.4, 0.5) is 5.82 Å². The molecular weight excluding hydrogens is 168 g/mol. The topological polar surface area (TPSA) is 84.1 Å². The number of aliphatic imine (C=N–C) groups is 1. The maximum Gasteiger partial charge on any atom is 0.261 e. The molecule has 1 aromatic heterocycles. The molecule has 0 aliphatic rings. The van der Waals surface area contributed by atoms with E-state index < -0.39 is 0 Å². The van der Waals surface area contributed by atoms with Crippen molar-refractivity contribution in [1.29, 1.82) is 0 Å². The summed E-state index contributed by atoms with van der Waals surface area (Å²) in [5.74, 6) is 0.177. The van der Waals surface area contributed by atoms with Crippen molar-refractivity contribution in [3.8, 4) is 0 Å². The SMILES string of the molecule is C=CCN=Cc1c(N)nc[nH]c1=O. The number of aromatic amines is 1. The summed E-state index contributed by atoms with van der Waals surface area (Å²) in [6.07, 6.45) is 4.27. The number of nitrogens with two attached hydrogens (primary N) is 1. The van der Waals surface area contributed by atoms with Gasteiger partial charge in [-0.15, -0.1) is 6.58 Å². The summed E-state index contributed by atoms with van der Waals surface area (Å²) in [7, 11) is 0. The van der Waals surface area contributed by atoms with Gasteiger partial charge in [0, 0.05) is 6.21 Å². The summed E-state index contributed by atoms with van der Waals surface area (Å²) in [4.78, 5) is 21.2. The highest BCUT2D eigenvalue weighted by molar-refractivity contribution is 5.84. The van der Waals surface area contributed by atoms with Crippen LogP contribution in [0.5, 0.6) is 0 Å². The van der Waals surface area contributed by atoms with Gasteiger partial charge in [-0.3, -0.25) is 9.79 Å². The van der Waals surface area contributed by atoms with E-state index >= 15 is 0 Å². The predicted octanol–water partition coefficient (Wildman–Crippen LogP) is -0.0430. The molecule has 0 unspecified atom stereocenters. The first-order valence-electron chi connectivity index (χ1n) is 3.69.